The van der Waals surface area contributed by atoms with E-state index in [1.807, 2.05) is 0 Å². The van der Waals surface area contributed by atoms with Crippen LogP contribution in [0.25, 0.3) is 0 Å². The Morgan fingerprint density at radius 3 is 2.60 bits per heavy atom. The van der Waals surface area contributed by atoms with Gasteiger partial charge in [0.05, 0.1) is 6.54 Å². The maximum absolute atomic E-state index is 13.8. The van der Waals surface area contributed by atoms with Crippen LogP contribution in [0.3, 0.4) is 0 Å². The molecule has 5 aliphatic carbocycles. The molecule has 1 heterocycles. The summed E-state index contributed by atoms with van der Waals surface area (Å²) in [6.45, 7) is 5.06. The summed E-state index contributed by atoms with van der Waals surface area (Å²) in [5.41, 5.74) is 10.4. The maximum atomic E-state index is 13.8. The molecule has 4 saturated carbocycles. The van der Waals surface area contributed by atoms with E-state index in [9.17, 15) is 4.79 Å². The average molecular weight is 473 g/mol. The molecule has 1 aromatic carbocycles. The van der Waals surface area contributed by atoms with E-state index in [0.29, 0.717) is 18.2 Å². The number of Topliss-reactive ketones (excluding diaryl/α,β-unsaturated/α-hetero) is 1. The van der Waals surface area contributed by atoms with Crippen LogP contribution in [0, 0.1) is 23.2 Å². The molecule has 35 heavy (non-hydrogen) atoms. The van der Waals surface area contributed by atoms with Crippen molar-refractivity contribution in [1.29, 1.82) is 0 Å². The van der Waals surface area contributed by atoms with E-state index in [-0.39, 0.29) is 22.3 Å². The molecule has 5 atom stereocenters. The molecular weight excluding hydrogens is 428 g/mol. The molecule has 0 amide bonds. The molecule has 1 aromatic rings. The van der Waals surface area contributed by atoms with Crippen LogP contribution in [0.15, 0.2) is 54.1 Å². The number of carbonyl (C=O) groups is 1. The zero-order valence-corrected chi connectivity index (χ0v) is 21.7. The van der Waals surface area contributed by atoms with Crippen molar-refractivity contribution in [3.05, 3.63) is 59.7 Å². The number of nitrogens with zero attached hydrogens (tertiary/aromatic N) is 1. The quantitative estimate of drug-likeness (QED) is 0.515. The molecule has 4 bridgehead atoms. The first-order valence-corrected chi connectivity index (χ1v) is 14.3. The second kappa shape index (κ2) is 8.99. The molecular formula is C32H44N2O. The lowest BCUT2D eigenvalue weighted by molar-refractivity contribution is -0.144. The summed E-state index contributed by atoms with van der Waals surface area (Å²) in [6, 6.07) is 11.1. The smallest absolute Gasteiger partial charge is 0.150 e. The van der Waals surface area contributed by atoms with Gasteiger partial charge in [-0.05, 0) is 112 Å². The van der Waals surface area contributed by atoms with Crippen LogP contribution in [-0.2, 0) is 10.2 Å². The van der Waals surface area contributed by atoms with E-state index < -0.39 is 0 Å². The lowest BCUT2D eigenvalue weighted by Crippen LogP contribution is -2.67. The predicted molar refractivity (Wildman–Crippen MR) is 143 cm³/mol. The normalized spacial score (nSPS) is 37.9. The SMILES string of the molecule is CC(C(=O)CN1CCC(CC2=CC=CCC2)CC1)C12C[C@H]3CC(N)(CC(c4ccccc4)(C3)C1)C2. The van der Waals surface area contributed by atoms with Crippen LogP contribution in [-0.4, -0.2) is 35.9 Å². The fourth-order valence-electron chi connectivity index (χ4n) is 9.43. The van der Waals surface area contributed by atoms with Gasteiger partial charge in [0.25, 0.3) is 0 Å². The van der Waals surface area contributed by atoms with E-state index >= 15 is 0 Å². The van der Waals surface area contributed by atoms with Crippen molar-refractivity contribution in [2.24, 2.45) is 28.9 Å². The molecule has 2 N–H and O–H groups in total. The summed E-state index contributed by atoms with van der Waals surface area (Å²) >= 11 is 0. The number of ketones is 1. The highest BCUT2D eigenvalue weighted by atomic mass is 16.1. The summed E-state index contributed by atoms with van der Waals surface area (Å²) in [6.07, 6.45) is 19.9. The first-order chi connectivity index (χ1) is 16.9. The summed E-state index contributed by atoms with van der Waals surface area (Å²) in [4.78, 5) is 16.2. The molecule has 5 fully saturated rings. The van der Waals surface area contributed by atoms with Crippen molar-refractivity contribution in [2.75, 3.05) is 19.6 Å². The Labute approximate surface area is 212 Å². The molecule has 4 unspecified atom stereocenters. The Hall–Kier alpha value is -1.71. The highest BCUT2D eigenvalue weighted by molar-refractivity contribution is 5.83. The number of likely N-dealkylation sites (tertiary alicyclic amines) is 1. The third-order valence-electron chi connectivity index (χ3n) is 10.7. The zero-order chi connectivity index (χ0) is 24.1. The third kappa shape index (κ3) is 4.48. The van der Waals surface area contributed by atoms with E-state index in [1.165, 1.54) is 50.5 Å². The van der Waals surface area contributed by atoms with Gasteiger partial charge >= 0.3 is 0 Å². The Morgan fingerprint density at radius 1 is 1.09 bits per heavy atom. The van der Waals surface area contributed by atoms with Crippen LogP contribution in [0.4, 0.5) is 0 Å². The van der Waals surface area contributed by atoms with Crippen LogP contribution in [0.2, 0.25) is 0 Å². The summed E-state index contributed by atoms with van der Waals surface area (Å²) in [5.74, 6) is 2.04. The maximum Gasteiger partial charge on any atom is 0.150 e. The fraction of sp³-hybridized carbons (Fsp3) is 0.656. The summed E-state index contributed by atoms with van der Waals surface area (Å²) in [5, 5.41) is 0. The molecule has 6 aliphatic rings. The monoisotopic (exact) mass is 472 g/mol. The largest absolute Gasteiger partial charge is 0.325 e. The highest BCUT2D eigenvalue weighted by Crippen LogP contribution is 2.68. The van der Waals surface area contributed by atoms with Crippen molar-refractivity contribution < 1.29 is 4.79 Å². The van der Waals surface area contributed by atoms with Crippen molar-refractivity contribution in [3.8, 4) is 0 Å². The lowest BCUT2D eigenvalue weighted by atomic mass is 9.38. The molecule has 3 heteroatoms. The number of piperidine rings is 1. The zero-order valence-electron chi connectivity index (χ0n) is 21.7. The van der Waals surface area contributed by atoms with Gasteiger partial charge in [0, 0.05) is 11.5 Å². The van der Waals surface area contributed by atoms with Crippen LogP contribution < -0.4 is 5.73 Å². The van der Waals surface area contributed by atoms with Crippen molar-refractivity contribution in [1.82, 2.24) is 4.90 Å². The van der Waals surface area contributed by atoms with Gasteiger partial charge in [-0.2, -0.15) is 0 Å². The number of allylic oxidation sites excluding steroid dienone is 4. The van der Waals surface area contributed by atoms with E-state index in [4.69, 9.17) is 5.73 Å². The first kappa shape index (κ1) is 23.7. The second-order valence-electron chi connectivity index (χ2n) is 13.3. The average Bonchev–Trinajstić information content (AvgIpc) is 2.84. The van der Waals surface area contributed by atoms with E-state index in [2.05, 4.69) is 60.4 Å². The Bertz CT molecular complexity index is 1010. The van der Waals surface area contributed by atoms with Gasteiger partial charge in [0.2, 0.25) is 0 Å². The second-order valence-corrected chi connectivity index (χ2v) is 13.3. The number of carbonyl (C=O) groups excluding carboxylic acids is 1. The summed E-state index contributed by atoms with van der Waals surface area (Å²) in [7, 11) is 0. The number of rotatable bonds is 7. The van der Waals surface area contributed by atoms with Gasteiger partial charge in [-0.15, -0.1) is 0 Å². The minimum atomic E-state index is -0.0921. The van der Waals surface area contributed by atoms with Gasteiger partial charge in [-0.1, -0.05) is 61.1 Å². The molecule has 0 aromatic heterocycles. The molecule has 1 saturated heterocycles. The number of benzene rings is 1. The molecule has 3 nitrogen and oxygen atoms in total. The van der Waals surface area contributed by atoms with E-state index in [1.54, 1.807) is 5.57 Å². The minimum absolute atomic E-state index is 0.0837. The molecule has 0 spiro atoms. The Kier molecular flexibility index (Phi) is 6.08. The van der Waals surface area contributed by atoms with Crippen molar-refractivity contribution in [3.63, 3.8) is 0 Å². The van der Waals surface area contributed by atoms with Gasteiger partial charge in [0.1, 0.15) is 5.78 Å². The fourth-order valence-corrected chi connectivity index (χ4v) is 9.43. The number of hydrogen-bond donors (Lipinski definition) is 1. The number of nitrogens with two attached hydrogens (primary N) is 1. The van der Waals surface area contributed by atoms with Crippen molar-refractivity contribution >= 4 is 5.78 Å². The Morgan fingerprint density at radius 2 is 1.89 bits per heavy atom. The highest BCUT2D eigenvalue weighted by Gasteiger charge is 2.64. The van der Waals surface area contributed by atoms with Crippen molar-refractivity contribution in [2.45, 2.75) is 88.5 Å². The third-order valence-corrected chi connectivity index (χ3v) is 10.7. The van der Waals surface area contributed by atoms with Crippen LogP contribution in [0.1, 0.15) is 83.1 Å². The summed E-state index contributed by atoms with van der Waals surface area (Å²) < 4.78 is 0. The molecule has 7 rings (SSSR count). The first-order valence-electron chi connectivity index (χ1n) is 14.3. The van der Waals surface area contributed by atoms with Gasteiger partial charge in [-0.25, -0.2) is 0 Å². The molecule has 1 aliphatic heterocycles. The molecule has 188 valence electrons. The van der Waals surface area contributed by atoms with Gasteiger partial charge in [0.15, 0.2) is 0 Å². The standard InChI is InChI=1S/C32H44N2O/c1-24(29(35)20-34-14-12-26(13-15-34)16-25-8-4-2-5-9-25)30-17-27-18-31(21-30,23-32(33,19-27)22-30)28-10-6-3-7-11-28/h2-4,6-8,10-11,24,26-27H,5,9,12-23,33H2,1H3/t24?,27-,30?,31?,32?/m1/s1. The van der Waals surface area contributed by atoms with Gasteiger partial charge in [-0.3, -0.25) is 9.69 Å². The predicted octanol–water partition coefficient (Wildman–Crippen LogP) is 6.19. The minimum Gasteiger partial charge on any atom is -0.325 e. The Balaban J connectivity index is 1.12. The molecule has 0 radical (unpaired) electrons. The topological polar surface area (TPSA) is 46.3 Å². The van der Waals surface area contributed by atoms with Crippen LogP contribution >= 0.6 is 0 Å². The van der Waals surface area contributed by atoms with E-state index in [0.717, 1.165) is 44.7 Å². The lowest BCUT2D eigenvalue weighted by Gasteiger charge is -2.67. The number of hydrogen-bond acceptors (Lipinski definition) is 3. The van der Waals surface area contributed by atoms with Gasteiger partial charge < -0.3 is 5.73 Å². The van der Waals surface area contributed by atoms with Crippen LogP contribution in [0.5, 0.6) is 0 Å².